The van der Waals surface area contributed by atoms with Crippen molar-refractivity contribution in [1.29, 1.82) is 0 Å². The highest BCUT2D eigenvalue weighted by atomic mass is 32.2. The van der Waals surface area contributed by atoms with Gasteiger partial charge >= 0.3 is 6.09 Å². The fourth-order valence-electron chi connectivity index (χ4n) is 6.82. The van der Waals surface area contributed by atoms with Crippen LogP contribution in [0.1, 0.15) is 67.7 Å². The third kappa shape index (κ3) is 11.0. The maximum atomic E-state index is 14.8. The van der Waals surface area contributed by atoms with Crippen molar-refractivity contribution in [3.63, 3.8) is 0 Å². The van der Waals surface area contributed by atoms with Crippen LogP contribution in [0.15, 0.2) is 102 Å². The summed E-state index contributed by atoms with van der Waals surface area (Å²) in [7, 11) is -2.75. The van der Waals surface area contributed by atoms with Crippen molar-refractivity contribution < 1.29 is 41.8 Å². The standard InChI is InChI=1S/C45H55N5O9S/c1-10-11-24-45(8,41(53)49-60(55,56)32-20-16-13-17-21-32)48-39(51)36-26-31(28-50(36)40(52)38(43(2,3)4)47-42(54)59-44(5,6)7)58-37-27-34(29-18-14-12-15-19-29)46-35-25-30(57-9)22-23-33(35)37/h10,12-23,25,27,31,36,38H,1,11,24,26,28H2,2-9H3,(H,47,54)(H,48,51)(H,49,53)/t31-,36+,38-,45+/m1/s1. The van der Waals surface area contributed by atoms with Crippen molar-refractivity contribution >= 4 is 44.7 Å². The molecule has 4 aromatic rings. The molecule has 0 aliphatic carbocycles. The van der Waals surface area contributed by atoms with Crippen LogP contribution in [0.2, 0.25) is 0 Å². The number of fused-ring (bicyclic) bond motifs is 1. The number of rotatable bonds is 14. The Labute approximate surface area is 352 Å². The molecule has 0 saturated carbocycles. The van der Waals surface area contributed by atoms with Crippen LogP contribution in [-0.2, 0) is 29.1 Å². The minimum atomic E-state index is -4.31. The second-order valence-electron chi connectivity index (χ2n) is 17.1. The Kier molecular flexibility index (Phi) is 13.6. The quantitative estimate of drug-likeness (QED) is 0.118. The number of nitrogens with one attached hydrogen (secondary N) is 3. The van der Waals surface area contributed by atoms with Crippen LogP contribution in [-0.4, -0.2) is 85.1 Å². The lowest BCUT2D eigenvalue weighted by molar-refractivity contribution is -0.143. The van der Waals surface area contributed by atoms with Gasteiger partial charge in [0.05, 0.1) is 29.8 Å². The van der Waals surface area contributed by atoms with E-state index >= 15 is 0 Å². The highest BCUT2D eigenvalue weighted by molar-refractivity contribution is 7.90. The monoisotopic (exact) mass is 841 g/mol. The van der Waals surface area contributed by atoms with E-state index in [1.165, 1.54) is 36.1 Å². The molecule has 1 aromatic heterocycles. The van der Waals surface area contributed by atoms with E-state index in [9.17, 15) is 27.6 Å². The van der Waals surface area contributed by atoms with Gasteiger partial charge in [-0.05, 0) is 70.2 Å². The Balaban J connectivity index is 1.53. The topological polar surface area (TPSA) is 182 Å². The molecule has 60 heavy (non-hydrogen) atoms. The molecule has 14 nitrogen and oxygen atoms in total. The van der Waals surface area contributed by atoms with E-state index in [0.29, 0.717) is 28.1 Å². The first-order valence-electron chi connectivity index (χ1n) is 19.7. The maximum Gasteiger partial charge on any atom is 0.408 e. The second-order valence-corrected chi connectivity index (χ2v) is 18.8. The lowest BCUT2D eigenvalue weighted by Gasteiger charge is -2.36. The van der Waals surface area contributed by atoms with Crippen LogP contribution >= 0.6 is 0 Å². The summed E-state index contributed by atoms with van der Waals surface area (Å²) < 4.78 is 46.4. The zero-order valence-electron chi connectivity index (χ0n) is 35.4. The summed E-state index contributed by atoms with van der Waals surface area (Å²) >= 11 is 0. The number of likely N-dealkylation sites (tertiary alicyclic amines) is 1. The fraction of sp³-hybridized carbons (Fsp3) is 0.400. The smallest absolute Gasteiger partial charge is 0.408 e. The van der Waals surface area contributed by atoms with E-state index in [1.54, 1.807) is 79.0 Å². The Bertz CT molecular complexity index is 2330. The molecular weight excluding hydrogens is 787 g/mol. The average molecular weight is 842 g/mol. The van der Waals surface area contributed by atoms with Crippen molar-refractivity contribution in [3.05, 3.63) is 97.6 Å². The van der Waals surface area contributed by atoms with Crippen LogP contribution in [0, 0.1) is 5.41 Å². The van der Waals surface area contributed by atoms with E-state index in [2.05, 4.69) is 21.9 Å². The van der Waals surface area contributed by atoms with E-state index in [0.717, 1.165) is 5.56 Å². The van der Waals surface area contributed by atoms with E-state index in [4.69, 9.17) is 19.2 Å². The minimum absolute atomic E-state index is 0.0154. The van der Waals surface area contributed by atoms with Crippen molar-refractivity contribution in [1.82, 2.24) is 25.2 Å². The molecule has 5 rings (SSSR count). The summed E-state index contributed by atoms with van der Waals surface area (Å²) in [6.45, 7) is 15.5. The number of carbonyl (C=O) groups excluding carboxylic acids is 4. The van der Waals surface area contributed by atoms with E-state index in [-0.39, 0.29) is 30.7 Å². The molecule has 0 unspecified atom stereocenters. The van der Waals surface area contributed by atoms with Crippen LogP contribution in [0.5, 0.6) is 11.5 Å². The molecule has 1 aliphatic rings. The molecule has 4 atom stereocenters. The minimum Gasteiger partial charge on any atom is -0.497 e. The summed E-state index contributed by atoms with van der Waals surface area (Å²) in [6.07, 6.45) is 0.165. The van der Waals surface area contributed by atoms with Crippen molar-refractivity contribution in [3.8, 4) is 22.8 Å². The highest BCUT2D eigenvalue weighted by Crippen LogP contribution is 2.35. The number of nitrogens with zero attached hydrogens (tertiary/aromatic N) is 2. The largest absolute Gasteiger partial charge is 0.497 e. The number of pyridine rings is 1. The number of allylic oxidation sites excluding steroid dienone is 1. The predicted molar refractivity (Wildman–Crippen MR) is 229 cm³/mol. The number of methoxy groups -OCH3 is 1. The Morgan fingerprint density at radius 2 is 1.58 bits per heavy atom. The van der Waals surface area contributed by atoms with Gasteiger partial charge in [-0.2, -0.15) is 0 Å². The first-order valence-corrected chi connectivity index (χ1v) is 21.2. The SMILES string of the molecule is C=CCC[C@](C)(NC(=O)[C@@H]1C[C@@H](Oc2cc(-c3ccccc3)nc3cc(OC)ccc23)CN1C(=O)[C@@H](NC(=O)OC(C)(C)C)C(C)(C)C)C(=O)NS(=O)(=O)c1ccccc1. The molecule has 4 amide bonds. The van der Waals surface area contributed by atoms with E-state index < -0.39 is 68.6 Å². The summed E-state index contributed by atoms with van der Waals surface area (Å²) in [5, 5.41) is 6.17. The van der Waals surface area contributed by atoms with Gasteiger partial charge in [-0.3, -0.25) is 14.4 Å². The molecule has 320 valence electrons. The van der Waals surface area contributed by atoms with Crippen LogP contribution in [0.3, 0.4) is 0 Å². The summed E-state index contributed by atoms with van der Waals surface area (Å²) in [5.41, 5.74) is -1.44. The molecule has 3 N–H and O–H groups in total. The molecule has 0 bridgehead atoms. The van der Waals surface area contributed by atoms with Gasteiger partial charge in [-0.15, -0.1) is 6.58 Å². The number of amides is 4. The van der Waals surface area contributed by atoms with E-state index in [1.807, 2.05) is 36.4 Å². The van der Waals surface area contributed by atoms with Crippen molar-refractivity contribution in [2.45, 2.75) is 102 Å². The molecule has 1 aliphatic heterocycles. The second kappa shape index (κ2) is 18.1. The van der Waals surface area contributed by atoms with Crippen molar-refractivity contribution in [2.75, 3.05) is 13.7 Å². The van der Waals surface area contributed by atoms with Gasteiger partial charge in [0.25, 0.3) is 15.9 Å². The first-order chi connectivity index (χ1) is 28.1. The number of carbonyl (C=O) groups is 4. The zero-order chi connectivity index (χ0) is 44.0. The number of alkyl carbamates (subject to hydrolysis) is 1. The molecule has 0 radical (unpaired) electrons. The number of hydrogen-bond donors (Lipinski definition) is 3. The fourth-order valence-corrected chi connectivity index (χ4v) is 7.93. The van der Waals surface area contributed by atoms with Crippen LogP contribution < -0.4 is 24.8 Å². The third-order valence-corrected chi connectivity index (χ3v) is 11.3. The van der Waals surface area contributed by atoms with Gasteiger partial charge in [0.2, 0.25) is 11.8 Å². The number of hydrogen-bond acceptors (Lipinski definition) is 10. The highest BCUT2D eigenvalue weighted by Gasteiger charge is 2.48. The summed E-state index contributed by atoms with van der Waals surface area (Å²) in [6, 6.07) is 21.7. The predicted octanol–water partition coefficient (Wildman–Crippen LogP) is 6.54. The normalized spacial score (nSPS) is 17.2. The van der Waals surface area contributed by atoms with Gasteiger partial charge in [0, 0.05) is 29.5 Å². The number of aromatic nitrogens is 1. The number of sulfonamides is 1. The Hall–Kier alpha value is -5.96. The van der Waals surface area contributed by atoms with Crippen LogP contribution in [0.25, 0.3) is 22.2 Å². The summed E-state index contributed by atoms with van der Waals surface area (Å²) in [4.78, 5) is 62.5. The van der Waals surface area contributed by atoms with Gasteiger partial charge < -0.3 is 29.7 Å². The van der Waals surface area contributed by atoms with Crippen molar-refractivity contribution in [2.24, 2.45) is 5.41 Å². The maximum absolute atomic E-state index is 14.8. The Morgan fingerprint density at radius 3 is 2.18 bits per heavy atom. The lowest BCUT2D eigenvalue weighted by Crippen LogP contribution is -2.62. The third-order valence-electron chi connectivity index (χ3n) is 9.99. The van der Waals surface area contributed by atoms with Gasteiger partial charge in [-0.25, -0.2) is 22.9 Å². The number of benzene rings is 3. The average Bonchev–Trinajstić information content (AvgIpc) is 3.62. The lowest BCUT2D eigenvalue weighted by atomic mass is 9.85. The molecule has 2 heterocycles. The van der Waals surface area contributed by atoms with Crippen LogP contribution in [0.4, 0.5) is 4.79 Å². The van der Waals surface area contributed by atoms with Gasteiger partial charge in [0.15, 0.2) is 0 Å². The molecule has 1 fully saturated rings. The molecule has 0 spiro atoms. The number of ether oxygens (including phenoxy) is 3. The van der Waals surface area contributed by atoms with Gasteiger partial charge in [0.1, 0.15) is 40.8 Å². The molecule has 3 aromatic carbocycles. The first kappa shape index (κ1) is 45.1. The molecule has 1 saturated heterocycles. The molecular formula is C45H55N5O9S. The molecule has 15 heteroatoms. The zero-order valence-corrected chi connectivity index (χ0v) is 36.2. The Morgan fingerprint density at radius 1 is 0.933 bits per heavy atom. The van der Waals surface area contributed by atoms with Gasteiger partial charge in [-0.1, -0.05) is 75.4 Å². The summed E-state index contributed by atoms with van der Waals surface area (Å²) in [5.74, 6) is -1.26.